The van der Waals surface area contributed by atoms with Gasteiger partial charge < -0.3 is 13.3 Å². The van der Waals surface area contributed by atoms with E-state index in [9.17, 15) is 0 Å². The van der Waals surface area contributed by atoms with Gasteiger partial charge >= 0.3 is 0 Å². The number of hydrogen-bond donors (Lipinski definition) is 0. The topological polar surface area (TPSA) is 27.7 Å². The van der Waals surface area contributed by atoms with Crippen molar-refractivity contribution in [3.05, 3.63) is 11.6 Å². The summed E-state index contributed by atoms with van der Waals surface area (Å²) in [5.41, 5.74) is 2.36. The zero-order valence-electron chi connectivity index (χ0n) is 24.2. The van der Waals surface area contributed by atoms with Gasteiger partial charge in [0.15, 0.2) is 25.0 Å². The van der Waals surface area contributed by atoms with Crippen LogP contribution in [0.3, 0.4) is 0 Å². The van der Waals surface area contributed by atoms with Gasteiger partial charge in [-0.15, -0.1) is 0 Å². The van der Waals surface area contributed by atoms with Crippen molar-refractivity contribution < 1.29 is 13.3 Å². The minimum Gasteiger partial charge on any atom is -0.414 e. The van der Waals surface area contributed by atoms with Gasteiger partial charge in [-0.3, -0.25) is 0 Å². The molecule has 34 heavy (non-hydrogen) atoms. The Balaban J connectivity index is 1.60. The largest absolute Gasteiger partial charge is 0.414 e. The summed E-state index contributed by atoms with van der Waals surface area (Å²) < 4.78 is 20.5. The summed E-state index contributed by atoms with van der Waals surface area (Å²) in [6.07, 6.45) is 12.5. The van der Waals surface area contributed by atoms with Crippen LogP contribution in [0.2, 0.25) is 58.9 Å². The Morgan fingerprint density at radius 1 is 0.765 bits per heavy atom. The lowest BCUT2D eigenvalue weighted by molar-refractivity contribution is -0.0734. The Morgan fingerprint density at radius 2 is 1.38 bits per heavy atom. The van der Waals surface area contributed by atoms with Gasteiger partial charge in [-0.1, -0.05) is 25.5 Å². The zero-order valence-corrected chi connectivity index (χ0v) is 27.2. The summed E-state index contributed by atoms with van der Waals surface area (Å²) >= 11 is 0. The van der Waals surface area contributed by atoms with Crippen molar-refractivity contribution in [3.8, 4) is 0 Å². The molecule has 3 saturated carbocycles. The summed E-state index contributed by atoms with van der Waals surface area (Å²) in [5, 5.41) is 0. The van der Waals surface area contributed by atoms with Crippen LogP contribution in [0.4, 0.5) is 0 Å². The lowest BCUT2D eigenvalue weighted by atomic mass is 9.48. The van der Waals surface area contributed by atoms with Crippen molar-refractivity contribution in [2.75, 3.05) is 0 Å². The highest BCUT2D eigenvalue weighted by Crippen LogP contribution is 2.66. The minimum absolute atomic E-state index is 0.256. The van der Waals surface area contributed by atoms with Crippen molar-refractivity contribution in [2.24, 2.45) is 28.6 Å². The fraction of sp³-hybridized carbons (Fsp3) is 0.929. The average Bonchev–Trinajstić information content (AvgIpc) is 2.90. The Labute approximate surface area is 214 Å². The molecule has 5 unspecified atom stereocenters. The Morgan fingerprint density at radius 3 is 1.97 bits per heavy atom. The van der Waals surface area contributed by atoms with Crippen molar-refractivity contribution >= 4 is 25.0 Å². The molecule has 196 valence electrons. The summed E-state index contributed by atoms with van der Waals surface area (Å²) in [6, 6.07) is 0. The summed E-state index contributed by atoms with van der Waals surface area (Å²) in [4.78, 5) is 0. The maximum Gasteiger partial charge on any atom is 0.184 e. The maximum atomic E-state index is 7.01. The van der Waals surface area contributed by atoms with Crippen LogP contribution < -0.4 is 0 Å². The Hall–Kier alpha value is 0.271. The monoisotopic (exact) mass is 522 g/mol. The van der Waals surface area contributed by atoms with Crippen molar-refractivity contribution in [1.82, 2.24) is 0 Å². The third-order valence-corrected chi connectivity index (χ3v) is 12.5. The number of hydrogen-bond acceptors (Lipinski definition) is 3. The first-order valence-corrected chi connectivity index (χ1v) is 24.4. The van der Waals surface area contributed by atoms with Gasteiger partial charge in [-0.05, 0) is 132 Å². The van der Waals surface area contributed by atoms with Crippen LogP contribution in [0.25, 0.3) is 0 Å². The Bertz CT molecular complexity index is 792. The molecule has 0 saturated heterocycles. The van der Waals surface area contributed by atoms with Crippen molar-refractivity contribution in [1.29, 1.82) is 0 Å². The first-order chi connectivity index (χ1) is 15.4. The molecule has 3 nitrogen and oxygen atoms in total. The molecule has 3 fully saturated rings. The normalized spacial score (nSPS) is 43.1. The SMILES string of the molecule is CC12CC[C@H](O[Si](C)(C)C)CC1=CCC1C2CCC2(C)C1C[C@@H](O[Si](C)(C)C)[C@H]2O[Si](C)(C)C. The summed E-state index contributed by atoms with van der Waals surface area (Å²) in [5.74, 6) is 2.32. The molecule has 4 aliphatic rings. The van der Waals surface area contributed by atoms with E-state index in [1.54, 1.807) is 5.57 Å². The van der Waals surface area contributed by atoms with Gasteiger partial charge in [-0.25, -0.2) is 0 Å². The lowest BCUT2D eigenvalue weighted by Crippen LogP contribution is -2.53. The molecular weight excluding hydrogens is 469 g/mol. The predicted octanol–water partition coefficient (Wildman–Crippen LogP) is 8.22. The molecule has 4 aliphatic carbocycles. The standard InChI is InChI=1S/C28H54O3Si3/c1-27-16-14-21(29-32(3,4)5)18-20(27)12-13-22-23(27)15-17-28(2)24(22)19-25(30-33(6,7)8)26(28)31-34(9,10)11/h12,21-26H,13-19H2,1-11H3/t21-,22?,23?,24?,25+,26+,27?,28?/m0/s1. The van der Waals surface area contributed by atoms with Gasteiger partial charge in [0.25, 0.3) is 0 Å². The molecule has 0 heterocycles. The smallest absolute Gasteiger partial charge is 0.184 e. The third kappa shape index (κ3) is 5.42. The van der Waals surface area contributed by atoms with E-state index in [0.717, 1.165) is 17.8 Å². The first kappa shape index (κ1) is 27.3. The summed E-state index contributed by atoms with van der Waals surface area (Å²) in [7, 11) is -4.79. The molecule has 0 bridgehead atoms. The van der Waals surface area contributed by atoms with Crippen molar-refractivity contribution in [2.45, 2.75) is 136 Å². The molecule has 0 aromatic heterocycles. The molecular formula is C28H54O3Si3. The highest BCUT2D eigenvalue weighted by molar-refractivity contribution is 6.70. The van der Waals surface area contributed by atoms with E-state index in [-0.39, 0.29) is 17.6 Å². The van der Waals surface area contributed by atoms with E-state index in [1.807, 2.05) is 0 Å². The highest BCUT2D eigenvalue weighted by atomic mass is 28.4. The van der Waals surface area contributed by atoms with Crippen molar-refractivity contribution in [3.63, 3.8) is 0 Å². The minimum atomic E-state index is -1.66. The van der Waals surface area contributed by atoms with E-state index in [2.05, 4.69) is 78.8 Å². The van der Waals surface area contributed by atoms with Gasteiger partial charge in [-0.2, -0.15) is 0 Å². The molecule has 0 N–H and O–H groups in total. The molecule has 0 aliphatic heterocycles. The Kier molecular flexibility index (Phi) is 7.18. The second-order valence-electron chi connectivity index (χ2n) is 15.6. The first-order valence-electron chi connectivity index (χ1n) is 14.1. The molecule has 8 atom stereocenters. The molecule has 4 rings (SSSR count). The molecule has 0 aromatic rings. The summed E-state index contributed by atoms with van der Waals surface area (Å²) in [6.45, 7) is 26.3. The van der Waals surface area contributed by atoms with E-state index >= 15 is 0 Å². The fourth-order valence-corrected chi connectivity index (χ4v) is 11.8. The van der Waals surface area contributed by atoms with Gasteiger partial charge in [0.2, 0.25) is 0 Å². The number of rotatable bonds is 6. The molecule has 0 spiro atoms. The van der Waals surface area contributed by atoms with Gasteiger partial charge in [0.1, 0.15) is 0 Å². The zero-order chi connectivity index (χ0) is 25.3. The second-order valence-corrected chi connectivity index (χ2v) is 28.9. The lowest BCUT2D eigenvalue weighted by Gasteiger charge is -2.58. The quantitative estimate of drug-likeness (QED) is 0.260. The molecule has 6 heteroatoms. The molecule has 0 amide bonds. The van der Waals surface area contributed by atoms with Crippen LogP contribution in [0.5, 0.6) is 0 Å². The molecule has 0 aromatic carbocycles. The molecule has 0 radical (unpaired) electrons. The highest BCUT2D eigenvalue weighted by Gasteiger charge is 2.62. The van der Waals surface area contributed by atoms with Crippen LogP contribution in [-0.2, 0) is 13.3 Å². The second kappa shape index (κ2) is 8.94. The van der Waals surface area contributed by atoms with Crippen LogP contribution >= 0.6 is 0 Å². The number of allylic oxidation sites excluding steroid dienone is 1. The number of fused-ring (bicyclic) bond motifs is 5. The average molecular weight is 523 g/mol. The van der Waals surface area contributed by atoms with Crippen LogP contribution in [0.1, 0.15) is 58.8 Å². The van der Waals surface area contributed by atoms with Gasteiger partial charge in [0.05, 0.1) is 12.2 Å². The fourth-order valence-electron chi connectivity index (χ4n) is 8.33. The van der Waals surface area contributed by atoms with E-state index in [0.29, 0.717) is 11.5 Å². The van der Waals surface area contributed by atoms with Crippen LogP contribution in [0, 0.1) is 28.6 Å². The van der Waals surface area contributed by atoms with Crippen LogP contribution in [-0.4, -0.2) is 43.3 Å². The predicted molar refractivity (Wildman–Crippen MR) is 152 cm³/mol. The van der Waals surface area contributed by atoms with E-state index < -0.39 is 25.0 Å². The van der Waals surface area contributed by atoms with Gasteiger partial charge in [0, 0.05) is 6.10 Å². The van der Waals surface area contributed by atoms with E-state index in [4.69, 9.17) is 13.3 Å². The van der Waals surface area contributed by atoms with Crippen LogP contribution in [0.15, 0.2) is 11.6 Å². The third-order valence-electron chi connectivity index (χ3n) is 9.48. The maximum absolute atomic E-state index is 7.01. The van der Waals surface area contributed by atoms with E-state index in [1.165, 1.54) is 44.9 Å².